The highest BCUT2D eigenvalue weighted by atomic mass is 16.6. The van der Waals surface area contributed by atoms with E-state index in [0.29, 0.717) is 61.9 Å². The fourth-order valence-corrected chi connectivity index (χ4v) is 10.3. The third-order valence-electron chi connectivity index (χ3n) is 14.5. The molecule has 0 saturated heterocycles. The molecule has 0 bridgehead atoms. The Morgan fingerprint density at radius 1 is 0.458 bits per heavy atom. The molecule has 6 aromatic rings. The van der Waals surface area contributed by atoms with Crippen LogP contribution in [0.25, 0.3) is 22.3 Å². The lowest BCUT2D eigenvalue weighted by atomic mass is 9.98. The van der Waals surface area contributed by atoms with E-state index in [9.17, 15) is 28.8 Å². The highest BCUT2D eigenvalue weighted by Gasteiger charge is 2.31. The number of nitrogens with zero attached hydrogens (tertiary/aromatic N) is 2. The van der Waals surface area contributed by atoms with Gasteiger partial charge in [0.05, 0.1) is 34.9 Å². The molecule has 0 aromatic heterocycles. The minimum Gasteiger partial charge on any atom is -0.493 e. The number of nitrogens with one attached hydrogen (secondary N) is 3. The zero-order valence-corrected chi connectivity index (χ0v) is 47.5. The molecule has 0 radical (unpaired) electrons. The maximum atomic E-state index is 13.2. The number of ether oxygens (including phenoxy) is 6. The van der Waals surface area contributed by atoms with Crippen molar-refractivity contribution in [3.63, 3.8) is 0 Å². The lowest BCUT2D eigenvalue weighted by Crippen LogP contribution is -2.43. The Balaban J connectivity index is 0.000000242. The van der Waals surface area contributed by atoms with Crippen molar-refractivity contribution in [3.05, 3.63) is 167 Å². The van der Waals surface area contributed by atoms with E-state index in [1.807, 2.05) is 91.0 Å². The number of hydrogen-bond donors (Lipinski definition) is 5. The molecule has 0 atom stereocenters. The van der Waals surface area contributed by atoms with Crippen LogP contribution in [-0.4, -0.2) is 145 Å². The minimum atomic E-state index is -1.06. The SMILES string of the molecule is COc1ccc(CCC(=O)N(CCN)CCNC(=O)OCC2c3ccccc3-c3ccccc32)cc1OC.COc1ccc(CCC(=O)N(CCNC(=O)CCC(=O)O)CCNC(=O)OCC2c3ccccc3-c3ccccc32)cc1OC. The second-order valence-electron chi connectivity index (χ2n) is 19.7. The van der Waals surface area contributed by atoms with Crippen LogP contribution in [0.5, 0.6) is 23.0 Å². The second kappa shape index (κ2) is 31.2. The van der Waals surface area contributed by atoms with Crippen molar-refractivity contribution in [3.8, 4) is 45.3 Å². The number of carbonyl (C=O) groups is 6. The Morgan fingerprint density at radius 2 is 0.819 bits per heavy atom. The van der Waals surface area contributed by atoms with Gasteiger partial charge in [0.15, 0.2) is 23.0 Å². The van der Waals surface area contributed by atoms with Gasteiger partial charge in [-0.05, 0) is 92.7 Å². The largest absolute Gasteiger partial charge is 0.493 e. The number of methoxy groups -OCH3 is 4. The summed E-state index contributed by atoms with van der Waals surface area (Å²) in [5.41, 5.74) is 16.8. The van der Waals surface area contributed by atoms with Gasteiger partial charge >= 0.3 is 18.2 Å². The van der Waals surface area contributed by atoms with Gasteiger partial charge in [0.1, 0.15) is 13.2 Å². The van der Waals surface area contributed by atoms with Crippen molar-refractivity contribution in [2.24, 2.45) is 5.73 Å². The van der Waals surface area contributed by atoms with Gasteiger partial charge < -0.3 is 65.0 Å². The summed E-state index contributed by atoms with van der Waals surface area (Å²) < 4.78 is 32.4. The quantitative estimate of drug-likeness (QED) is 0.0313. The highest BCUT2D eigenvalue weighted by molar-refractivity contribution is 5.82. The van der Waals surface area contributed by atoms with E-state index in [0.717, 1.165) is 44.5 Å². The molecule has 5 amide bonds. The van der Waals surface area contributed by atoms with Gasteiger partial charge in [0, 0.05) is 83.5 Å². The predicted octanol–water partition coefficient (Wildman–Crippen LogP) is 7.95. The van der Waals surface area contributed by atoms with Crippen molar-refractivity contribution < 1.29 is 62.3 Å². The van der Waals surface area contributed by atoms with E-state index >= 15 is 0 Å². The molecule has 0 fully saturated rings. The topological polar surface area (TPSA) is 247 Å². The van der Waals surface area contributed by atoms with E-state index in [1.165, 1.54) is 11.1 Å². The number of aryl methyl sites for hydroxylation is 2. The molecular formula is C64H74N6O13. The molecule has 0 heterocycles. The van der Waals surface area contributed by atoms with Crippen LogP contribution in [0, 0.1) is 0 Å². The second-order valence-corrected chi connectivity index (χ2v) is 19.7. The Morgan fingerprint density at radius 3 is 1.18 bits per heavy atom. The fraction of sp³-hybridized carbons (Fsp3) is 0.344. The van der Waals surface area contributed by atoms with Gasteiger partial charge in [-0.1, -0.05) is 109 Å². The Labute approximate surface area is 484 Å². The third-order valence-corrected chi connectivity index (χ3v) is 14.5. The van der Waals surface area contributed by atoms with Gasteiger partial charge in [0.25, 0.3) is 0 Å². The predicted molar refractivity (Wildman–Crippen MR) is 314 cm³/mol. The Hall–Kier alpha value is -9.10. The molecule has 2 aliphatic carbocycles. The lowest BCUT2D eigenvalue weighted by Gasteiger charge is -2.23. The first-order valence-corrected chi connectivity index (χ1v) is 27.7. The summed E-state index contributed by atoms with van der Waals surface area (Å²) >= 11 is 0. The van der Waals surface area contributed by atoms with Crippen LogP contribution < -0.4 is 40.6 Å². The third kappa shape index (κ3) is 17.0. The average Bonchev–Trinajstić information content (AvgIpc) is 3.13. The van der Waals surface area contributed by atoms with Gasteiger partial charge in [0.2, 0.25) is 17.7 Å². The number of carbonyl (C=O) groups excluding carboxylic acids is 5. The summed E-state index contributed by atoms with van der Waals surface area (Å²) in [5, 5.41) is 17.0. The summed E-state index contributed by atoms with van der Waals surface area (Å²) in [5.74, 6) is 0.697. The molecule has 438 valence electrons. The summed E-state index contributed by atoms with van der Waals surface area (Å²) in [6.07, 6.45) is -0.00155. The first-order valence-electron chi connectivity index (χ1n) is 27.7. The number of nitrogens with two attached hydrogens (primary N) is 1. The summed E-state index contributed by atoms with van der Waals surface area (Å²) in [6, 6.07) is 43.7. The minimum absolute atomic E-state index is 0.0000419. The van der Waals surface area contributed by atoms with Gasteiger partial charge in [-0.2, -0.15) is 0 Å². The van der Waals surface area contributed by atoms with Crippen LogP contribution in [0.15, 0.2) is 133 Å². The van der Waals surface area contributed by atoms with Crippen molar-refractivity contribution in [2.75, 3.05) is 94.0 Å². The first kappa shape index (κ1) is 61.5. The van der Waals surface area contributed by atoms with Crippen molar-refractivity contribution >= 4 is 35.9 Å². The fourth-order valence-electron chi connectivity index (χ4n) is 10.3. The number of carboxylic acid groups (broad SMARTS) is 1. The molecule has 0 spiro atoms. The van der Waals surface area contributed by atoms with Gasteiger partial charge in [-0.15, -0.1) is 0 Å². The Kier molecular flexibility index (Phi) is 23.1. The highest BCUT2D eigenvalue weighted by Crippen LogP contribution is 2.46. The van der Waals surface area contributed by atoms with Crippen LogP contribution in [-0.2, 0) is 41.5 Å². The zero-order valence-electron chi connectivity index (χ0n) is 47.5. The number of alkyl carbamates (subject to hydrolysis) is 2. The molecule has 19 heteroatoms. The maximum absolute atomic E-state index is 13.2. The average molecular weight is 1140 g/mol. The van der Waals surface area contributed by atoms with Gasteiger partial charge in [-0.3, -0.25) is 19.2 Å². The van der Waals surface area contributed by atoms with E-state index in [2.05, 4.69) is 52.3 Å². The maximum Gasteiger partial charge on any atom is 0.407 e. The zero-order chi connectivity index (χ0) is 59.1. The summed E-state index contributed by atoms with van der Waals surface area (Å²) in [7, 11) is 6.26. The van der Waals surface area contributed by atoms with E-state index in [1.54, 1.807) is 44.3 Å². The number of carboxylic acids is 1. The number of rotatable bonds is 28. The van der Waals surface area contributed by atoms with Crippen LogP contribution in [0.2, 0.25) is 0 Å². The molecule has 19 nitrogen and oxygen atoms in total. The van der Waals surface area contributed by atoms with Crippen LogP contribution >= 0.6 is 0 Å². The van der Waals surface area contributed by atoms with Crippen LogP contribution in [0.3, 0.4) is 0 Å². The summed E-state index contributed by atoms with van der Waals surface area (Å²) in [4.78, 5) is 77.2. The molecular weight excluding hydrogens is 1060 g/mol. The van der Waals surface area contributed by atoms with Crippen molar-refractivity contribution in [1.29, 1.82) is 0 Å². The number of fused-ring (bicyclic) bond motifs is 6. The van der Waals surface area contributed by atoms with Crippen LogP contribution in [0.4, 0.5) is 9.59 Å². The molecule has 0 unspecified atom stereocenters. The van der Waals surface area contributed by atoms with Crippen LogP contribution in [0.1, 0.15) is 70.9 Å². The lowest BCUT2D eigenvalue weighted by molar-refractivity contribution is -0.138. The molecule has 0 saturated carbocycles. The molecule has 83 heavy (non-hydrogen) atoms. The molecule has 6 aromatic carbocycles. The normalized spacial score (nSPS) is 11.7. The molecule has 0 aliphatic heterocycles. The van der Waals surface area contributed by atoms with Crippen molar-refractivity contribution in [2.45, 2.75) is 50.4 Å². The molecule has 6 N–H and O–H groups in total. The monoisotopic (exact) mass is 1130 g/mol. The molecule has 2 aliphatic rings. The first-order chi connectivity index (χ1) is 40.3. The van der Waals surface area contributed by atoms with E-state index in [4.69, 9.17) is 39.3 Å². The summed E-state index contributed by atoms with van der Waals surface area (Å²) in [6.45, 7) is 2.48. The number of benzene rings is 6. The number of amides is 5. The smallest absolute Gasteiger partial charge is 0.407 e. The molecule has 8 rings (SSSR count). The van der Waals surface area contributed by atoms with E-state index in [-0.39, 0.29) is 88.9 Å². The number of hydrogen-bond acceptors (Lipinski definition) is 13. The van der Waals surface area contributed by atoms with E-state index < -0.39 is 24.1 Å². The van der Waals surface area contributed by atoms with Gasteiger partial charge in [-0.25, -0.2) is 9.59 Å². The Bertz CT molecular complexity index is 3100. The number of aliphatic carboxylic acids is 1. The standard InChI is InChI=1S/C34H39N3O8.C30H35N3O5/c1-43-29-13-11-23(21-30(29)44-2)12-15-32(39)37(19-17-35-31(38)14-16-33(40)41)20-18-36-34(42)45-22-28-26-9-5-3-7-24(26)25-8-4-6-10-27(25)28;1-36-27-13-11-21(19-28(27)37-2)12-14-29(34)33(17-15-31)18-16-32-30(35)38-20-26-24-9-5-3-7-22(24)23-8-4-6-10-25(23)26/h3-11,13,21,28H,12,14-20,22H2,1-2H3,(H,35,38)(H,36,42)(H,40,41);3-11,13,19,26H,12,14-18,20,31H2,1-2H3,(H,32,35). The van der Waals surface area contributed by atoms with Crippen molar-refractivity contribution in [1.82, 2.24) is 25.8 Å².